The second-order valence-corrected chi connectivity index (χ2v) is 5.73. The molecule has 0 spiro atoms. The molecule has 7 heteroatoms. The van der Waals surface area contributed by atoms with Crippen molar-refractivity contribution in [2.45, 2.75) is 18.4 Å². The summed E-state index contributed by atoms with van der Waals surface area (Å²) in [4.78, 5) is 39.3. The highest BCUT2D eigenvalue weighted by Gasteiger charge is 2.40. The average Bonchev–Trinajstić information content (AvgIpc) is 2.57. The molecule has 23 heavy (non-hydrogen) atoms. The maximum atomic E-state index is 12.9. The molecule has 1 aromatic carbocycles. The Balaban J connectivity index is 1.94. The highest BCUT2D eigenvalue weighted by Crippen LogP contribution is 2.36. The lowest BCUT2D eigenvalue weighted by atomic mass is 9.88. The highest BCUT2D eigenvalue weighted by atomic mass is 16.5. The van der Waals surface area contributed by atoms with Crippen LogP contribution in [0.5, 0.6) is 0 Å². The number of fused-ring (bicyclic) bond motifs is 1. The van der Waals surface area contributed by atoms with Crippen LogP contribution in [0.25, 0.3) is 0 Å². The second-order valence-electron chi connectivity index (χ2n) is 5.73. The van der Waals surface area contributed by atoms with Gasteiger partial charge in [-0.2, -0.15) is 0 Å². The van der Waals surface area contributed by atoms with Crippen molar-refractivity contribution in [2.75, 3.05) is 31.7 Å². The third-order valence-electron chi connectivity index (χ3n) is 4.42. The number of hydrogen-bond donors (Lipinski definition) is 1. The Morgan fingerprint density at radius 2 is 2.04 bits per heavy atom. The number of morpholine rings is 1. The number of ether oxygens (including phenoxy) is 1. The van der Waals surface area contributed by atoms with Gasteiger partial charge in [0.05, 0.1) is 19.1 Å². The molecule has 2 aliphatic rings. The number of aliphatic carboxylic acids is 1. The summed E-state index contributed by atoms with van der Waals surface area (Å²) in [5.41, 5.74) is 1.46. The van der Waals surface area contributed by atoms with Crippen molar-refractivity contribution in [1.29, 1.82) is 0 Å². The van der Waals surface area contributed by atoms with Crippen LogP contribution < -0.4 is 4.90 Å². The van der Waals surface area contributed by atoms with Crippen molar-refractivity contribution in [3.05, 3.63) is 29.8 Å². The Morgan fingerprint density at radius 3 is 2.78 bits per heavy atom. The molecule has 1 saturated heterocycles. The normalized spacial score (nSPS) is 24.3. The summed E-state index contributed by atoms with van der Waals surface area (Å²) in [5, 5.41) is 9.30. The molecule has 7 nitrogen and oxygen atoms in total. The summed E-state index contributed by atoms with van der Waals surface area (Å²) in [6, 6.07) is 6.23. The lowest BCUT2D eigenvalue weighted by molar-refractivity contribution is -0.159. The minimum absolute atomic E-state index is 0.0245. The topological polar surface area (TPSA) is 87.2 Å². The van der Waals surface area contributed by atoms with Crippen molar-refractivity contribution in [3.8, 4) is 0 Å². The standard InChI is InChI=1S/C16H18N2O5/c1-17-12-5-3-2-4-10(12)11(8-14(17)19)15(20)18-6-7-23-9-13(18)16(21)22/h2-5,11,13H,6-9H2,1H3,(H,21,22)/t11-,13-/m1/s1. The molecule has 0 saturated carbocycles. The van der Waals surface area contributed by atoms with Gasteiger partial charge >= 0.3 is 5.97 Å². The fourth-order valence-corrected chi connectivity index (χ4v) is 3.14. The predicted octanol–water partition coefficient (Wildman–Crippen LogP) is 0.449. The number of carbonyl (C=O) groups is 3. The van der Waals surface area contributed by atoms with Gasteiger partial charge in [-0.15, -0.1) is 0 Å². The highest BCUT2D eigenvalue weighted by molar-refractivity contribution is 6.03. The minimum Gasteiger partial charge on any atom is -0.480 e. The van der Waals surface area contributed by atoms with Gasteiger partial charge < -0.3 is 19.6 Å². The summed E-state index contributed by atoms with van der Waals surface area (Å²) < 4.78 is 5.17. The van der Waals surface area contributed by atoms with E-state index < -0.39 is 17.9 Å². The maximum absolute atomic E-state index is 12.9. The van der Waals surface area contributed by atoms with Gasteiger partial charge in [-0.25, -0.2) is 4.79 Å². The number of anilines is 1. The van der Waals surface area contributed by atoms with Crippen molar-refractivity contribution in [1.82, 2.24) is 4.90 Å². The van der Waals surface area contributed by atoms with Gasteiger partial charge in [-0.1, -0.05) is 18.2 Å². The molecule has 2 heterocycles. The molecule has 0 radical (unpaired) electrons. The van der Waals surface area contributed by atoms with Gasteiger partial charge in [0.15, 0.2) is 6.04 Å². The molecule has 0 unspecified atom stereocenters. The van der Waals surface area contributed by atoms with Crippen molar-refractivity contribution < 1.29 is 24.2 Å². The van der Waals surface area contributed by atoms with Crippen LogP contribution >= 0.6 is 0 Å². The first-order valence-electron chi connectivity index (χ1n) is 7.47. The van der Waals surface area contributed by atoms with Crippen LogP contribution in [0.4, 0.5) is 5.69 Å². The molecule has 0 aliphatic carbocycles. The van der Waals surface area contributed by atoms with E-state index in [2.05, 4.69) is 0 Å². The summed E-state index contributed by atoms with van der Waals surface area (Å²) in [6.07, 6.45) is 0.0516. The molecule has 1 aromatic rings. The van der Waals surface area contributed by atoms with Gasteiger partial charge in [0, 0.05) is 25.7 Å². The van der Waals surface area contributed by atoms with Crippen LogP contribution in [-0.4, -0.2) is 60.6 Å². The number of benzene rings is 1. The van der Waals surface area contributed by atoms with E-state index in [0.717, 1.165) is 5.56 Å². The maximum Gasteiger partial charge on any atom is 0.328 e. The number of carboxylic acid groups (broad SMARTS) is 1. The minimum atomic E-state index is -1.09. The van der Waals surface area contributed by atoms with E-state index in [9.17, 15) is 19.5 Å². The Bertz CT molecular complexity index is 660. The third-order valence-corrected chi connectivity index (χ3v) is 4.42. The average molecular weight is 318 g/mol. The molecular formula is C16H18N2O5. The zero-order valence-electron chi connectivity index (χ0n) is 12.8. The van der Waals surface area contributed by atoms with E-state index in [1.54, 1.807) is 13.1 Å². The molecule has 0 bridgehead atoms. The lowest BCUT2D eigenvalue weighted by Crippen LogP contribution is -2.54. The zero-order valence-corrected chi connectivity index (χ0v) is 12.8. The molecule has 2 aliphatic heterocycles. The number of carbonyl (C=O) groups excluding carboxylic acids is 2. The largest absolute Gasteiger partial charge is 0.480 e. The second kappa shape index (κ2) is 6.00. The molecule has 3 rings (SSSR count). The Kier molecular flexibility index (Phi) is 4.04. The number of para-hydroxylation sites is 1. The SMILES string of the molecule is CN1C(=O)C[C@@H](C(=O)N2CCOC[C@@H]2C(=O)O)c2ccccc21. The Morgan fingerprint density at radius 1 is 1.30 bits per heavy atom. The first kappa shape index (κ1) is 15.5. The summed E-state index contributed by atoms with van der Waals surface area (Å²) in [7, 11) is 1.68. The number of rotatable bonds is 2. The quantitative estimate of drug-likeness (QED) is 0.855. The first-order chi connectivity index (χ1) is 11.0. The fraction of sp³-hybridized carbons (Fsp3) is 0.438. The van der Waals surface area contributed by atoms with Gasteiger partial charge in [-0.05, 0) is 11.6 Å². The van der Waals surface area contributed by atoms with E-state index >= 15 is 0 Å². The van der Waals surface area contributed by atoms with Gasteiger partial charge in [0.25, 0.3) is 0 Å². The summed E-state index contributed by atoms with van der Waals surface area (Å²) in [5.74, 6) is -2.21. The molecule has 122 valence electrons. The van der Waals surface area contributed by atoms with Gasteiger partial charge in [0.2, 0.25) is 11.8 Å². The van der Waals surface area contributed by atoms with E-state index in [4.69, 9.17) is 4.74 Å². The van der Waals surface area contributed by atoms with Crippen LogP contribution in [0.2, 0.25) is 0 Å². The lowest BCUT2D eigenvalue weighted by Gasteiger charge is -2.38. The van der Waals surface area contributed by atoms with Gasteiger partial charge in [-0.3, -0.25) is 9.59 Å². The molecule has 2 amide bonds. The monoisotopic (exact) mass is 318 g/mol. The number of amides is 2. The molecule has 1 N–H and O–H groups in total. The van der Waals surface area contributed by atoms with E-state index in [1.165, 1.54) is 9.80 Å². The van der Waals surface area contributed by atoms with Crippen LogP contribution in [0.15, 0.2) is 24.3 Å². The fourth-order valence-electron chi connectivity index (χ4n) is 3.14. The Labute approximate surface area is 133 Å². The molecule has 0 aromatic heterocycles. The van der Waals surface area contributed by atoms with Crippen LogP contribution in [-0.2, 0) is 19.1 Å². The molecule has 2 atom stereocenters. The van der Waals surface area contributed by atoms with E-state index in [0.29, 0.717) is 12.3 Å². The summed E-state index contributed by atoms with van der Waals surface area (Å²) >= 11 is 0. The van der Waals surface area contributed by atoms with Crippen molar-refractivity contribution in [3.63, 3.8) is 0 Å². The van der Waals surface area contributed by atoms with Crippen LogP contribution in [0.1, 0.15) is 17.9 Å². The molecular weight excluding hydrogens is 300 g/mol. The number of hydrogen-bond acceptors (Lipinski definition) is 4. The van der Waals surface area contributed by atoms with E-state index in [1.807, 2.05) is 18.2 Å². The number of nitrogens with zero attached hydrogens (tertiary/aromatic N) is 2. The predicted molar refractivity (Wildman–Crippen MR) is 81.2 cm³/mol. The van der Waals surface area contributed by atoms with E-state index in [-0.39, 0.29) is 31.4 Å². The van der Waals surface area contributed by atoms with Crippen LogP contribution in [0, 0.1) is 0 Å². The zero-order chi connectivity index (χ0) is 16.6. The Hall–Kier alpha value is -2.41. The van der Waals surface area contributed by atoms with Crippen LogP contribution in [0.3, 0.4) is 0 Å². The number of carboxylic acids is 1. The summed E-state index contributed by atoms with van der Waals surface area (Å²) in [6.45, 7) is 0.500. The third kappa shape index (κ3) is 2.68. The first-order valence-corrected chi connectivity index (χ1v) is 7.47. The molecule has 1 fully saturated rings. The van der Waals surface area contributed by atoms with Crippen molar-refractivity contribution >= 4 is 23.5 Å². The smallest absolute Gasteiger partial charge is 0.328 e. The van der Waals surface area contributed by atoms with Gasteiger partial charge in [0.1, 0.15) is 0 Å². The van der Waals surface area contributed by atoms with Crippen molar-refractivity contribution in [2.24, 2.45) is 0 Å².